The molecule has 3 aromatic carbocycles. The van der Waals surface area contributed by atoms with Crippen LogP contribution in [0.4, 0.5) is 0 Å². The Morgan fingerprint density at radius 1 is 0.867 bits per heavy atom. The number of hydrogen-bond acceptors (Lipinski definition) is 2. The van der Waals surface area contributed by atoms with Crippen LogP contribution in [0.2, 0.25) is 5.02 Å². The van der Waals surface area contributed by atoms with E-state index in [0.717, 1.165) is 23.1 Å². The molecule has 0 amide bonds. The van der Waals surface area contributed by atoms with E-state index in [1.165, 1.54) is 30.5 Å². The van der Waals surface area contributed by atoms with Crippen molar-refractivity contribution >= 4 is 23.4 Å². The fourth-order valence-corrected chi connectivity index (χ4v) is 3.72. The van der Waals surface area contributed by atoms with Gasteiger partial charge in [0.25, 0.3) is 0 Å². The molecule has 154 valence electrons. The average Bonchev–Trinajstić information content (AvgIpc) is 2.72. The van der Waals surface area contributed by atoms with Crippen LogP contribution in [0.3, 0.4) is 0 Å². The van der Waals surface area contributed by atoms with Crippen LogP contribution in [-0.2, 0) is 24.1 Å². The van der Waals surface area contributed by atoms with Gasteiger partial charge < -0.3 is 5.11 Å². The molecule has 0 bridgehead atoms. The molecule has 0 saturated heterocycles. The SMILES string of the molecule is CCCCc1ccc(-c2cccc(CC(=O)Cc3cc(Cl)ccc3C(=O)O)c2)cc1. The second-order valence-electron chi connectivity index (χ2n) is 7.50. The molecule has 1 N–H and O–H groups in total. The molecule has 0 heterocycles. The van der Waals surface area contributed by atoms with Crippen LogP contribution >= 0.6 is 11.6 Å². The van der Waals surface area contributed by atoms with E-state index in [4.69, 9.17) is 11.6 Å². The van der Waals surface area contributed by atoms with Crippen molar-refractivity contribution in [1.29, 1.82) is 0 Å². The molecular formula is C26H25ClO3. The van der Waals surface area contributed by atoms with E-state index < -0.39 is 5.97 Å². The topological polar surface area (TPSA) is 54.4 Å². The zero-order valence-electron chi connectivity index (χ0n) is 17.0. The van der Waals surface area contributed by atoms with Gasteiger partial charge in [0.2, 0.25) is 0 Å². The number of aromatic carboxylic acids is 1. The van der Waals surface area contributed by atoms with E-state index in [-0.39, 0.29) is 24.2 Å². The average molecular weight is 421 g/mol. The summed E-state index contributed by atoms with van der Waals surface area (Å²) in [6.07, 6.45) is 3.74. The lowest BCUT2D eigenvalue weighted by molar-refractivity contribution is -0.117. The summed E-state index contributed by atoms with van der Waals surface area (Å²) in [5, 5.41) is 9.76. The maximum Gasteiger partial charge on any atom is 0.335 e. The zero-order chi connectivity index (χ0) is 21.5. The number of carboxylic acids is 1. The van der Waals surface area contributed by atoms with Crippen LogP contribution in [0, 0.1) is 0 Å². The van der Waals surface area contributed by atoms with E-state index in [2.05, 4.69) is 31.2 Å². The molecule has 4 heteroatoms. The summed E-state index contributed by atoms with van der Waals surface area (Å²) in [4.78, 5) is 24.0. The minimum absolute atomic E-state index is 0.0402. The number of halogens is 1. The van der Waals surface area contributed by atoms with Gasteiger partial charge in [-0.05, 0) is 58.9 Å². The number of carbonyl (C=O) groups is 2. The molecule has 0 radical (unpaired) electrons. The molecule has 3 nitrogen and oxygen atoms in total. The fraction of sp³-hybridized carbons (Fsp3) is 0.231. The van der Waals surface area contributed by atoms with Crippen molar-refractivity contribution in [3.8, 4) is 11.1 Å². The first-order valence-corrected chi connectivity index (χ1v) is 10.6. The Labute approximate surface area is 182 Å². The molecule has 0 aliphatic carbocycles. The maximum atomic E-state index is 12.6. The van der Waals surface area contributed by atoms with Gasteiger partial charge in [-0.3, -0.25) is 4.79 Å². The molecule has 3 rings (SSSR count). The molecule has 3 aromatic rings. The first-order valence-electron chi connectivity index (χ1n) is 10.2. The van der Waals surface area contributed by atoms with E-state index in [1.54, 1.807) is 6.07 Å². The van der Waals surface area contributed by atoms with Crippen molar-refractivity contribution in [3.63, 3.8) is 0 Å². The highest BCUT2D eigenvalue weighted by molar-refractivity contribution is 6.30. The van der Waals surface area contributed by atoms with E-state index >= 15 is 0 Å². The van der Waals surface area contributed by atoms with Crippen molar-refractivity contribution in [2.75, 3.05) is 0 Å². The number of benzene rings is 3. The van der Waals surface area contributed by atoms with Gasteiger partial charge in [0.15, 0.2) is 0 Å². The van der Waals surface area contributed by atoms with Gasteiger partial charge in [-0.25, -0.2) is 4.79 Å². The Bertz CT molecular complexity index is 1040. The molecule has 0 aliphatic rings. The molecule has 0 saturated carbocycles. The van der Waals surface area contributed by atoms with Crippen molar-refractivity contribution in [2.24, 2.45) is 0 Å². The molecule has 0 unspecified atom stereocenters. The summed E-state index contributed by atoms with van der Waals surface area (Å²) in [7, 11) is 0. The smallest absolute Gasteiger partial charge is 0.335 e. The summed E-state index contributed by atoms with van der Waals surface area (Å²) >= 11 is 5.99. The van der Waals surface area contributed by atoms with Gasteiger partial charge in [-0.15, -0.1) is 0 Å². The zero-order valence-corrected chi connectivity index (χ0v) is 17.8. The largest absolute Gasteiger partial charge is 0.478 e. The van der Waals surface area contributed by atoms with Gasteiger partial charge in [-0.1, -0.05) is 73.5 Å². The first kappa shape index (κ1) is 21.8. The normalized spacial score (nSPS) is 10.7. The lowest BCUT2D eigenvalue weighted by atomic mass is 9.96. The lowest BCUT2D eigenvalue weighted by Gasteiger charge is -2.09. The van der Waals surface area contributed by atoms with Crippen LogP contribution in [-0.4, -0.2) is 16.9 Å². The predicted octanol–water partition coefficient (Wildman–Crippen LogP) is 6.40. The number of hydrogen-bond donors (Lipinski definition) is 1. The highest BCUT2D eigenvalue weighted by atomic mass is 35.5. The van der Waals surface area contributed by atoms with E-state index in [1.807, 2.05) is 24.3 Å². The standard InChI is InChI=1S/C26H25ClO3/c1-2-3-5-18-8-10-20(11-9-18)21-7-4-6-19(14-21)15-24(28)17-22-16-23(27)12-13-25(22)26(29)30/h4,6-14,16H,2-3,5,15,17H2,1H3,(H,29,30). The van der Waals surface area contributed by atoms with Crippen LogP contribution in [0.15, 0.2) is 66.7 Å². The van der Waals surface area contributed by atoms with Crippen LogP contribution in [0.25, 0.3) is 11.1 Å². The highest BCUT2D eigenvalue weighted by Crippen LogP contribution is 2.23. The number of unbranched alkanes of at least 4 members (excludes halogenated alkanes) is 1. The number of carbonyl (C=O) groups excluding carboxylic acids is 1. The van der Waals surface area contributed by atoms with E-state index in [0.29, 0.717) is 10.6 Å². The predicted molar refractivity (Wildman–Crippen MR) is 121 cm³/mol. The van der Waals surface area contributed by atoms with Gasteiger partial charge in [0, 0.05) is 17.9 Å². The summed E-state index contributed by atoms with van der Waals surface area (Å²) in [5.74, 6) is -1.11. The summed E-state index contributed by atoms with van der Waals surface area (Å²) in [5.41, 5.74) is 4.99. The molecular weight excluding hydrogens is 396 g/mol. The summed E-state index contributed by atoms with van der Waals surface area (Å²) in [6, 6.07) is 21.0. The Balaban J connectivity index is 1.72. The molecule has 0 fully saturated rings. The monoisotopic (exact) mass is 420 g/mol. The van der Waals surface area contributed by atoms with Crippen molar-refractivity contribution in [3.05, 3.63) is 94.0 Å². The molecule has 30 heavy (non-hydrogen) atoms. The Hall–Kier alpha value is -2.91. The van der Waals surface area contributed by atoms with Crippen LogP contribution in [0.5, 0.6) is 0 Å². The fourth-order valence-electron chi connectivity index (χ4n) is 3.53. The van der Waals surface area contributed by atoms with Gasteiger partial charge in [0.1, 0.15) is 5.78 Å². The lowest BCUT2D eigenvalue weighted by Crippen LogP contribution is -2.11. The Morgan fingerprint density at radius 2 is 1.63 bits per heavy atom. The Morgan fingerprint density at radius 3 is 2.33 bits per heavy atom. The van der Waals surface area contributed by atoms with Crippen molar-refractivity contribution < 1.29 is 14.7 Å². The minimum atomic E-state index is -1.06. The quantitative estimate of drug-likeness (QED) is 0.435. The molecule has 0 spiro atoms. The number of ketones is 1. The third-order valence-corrected chi connectivity index (χ3v) is 5.35. The molecule has 0 atom stereocenters. The second-order valence-corrected chi connectivity index (χ2v) is 7.94. The van der Waals surface area contributed by atoms with Crippen LogP contribution in [0.1, 0.15) is 46.8 Å². The molecule has 0 aromatic heterocycles. The third kappa shape index (κ3) is 5.80. The number of rotatable bonds is 9. The van der Waals surface area contributed by atoms with Crippen molar-refractivity contribution in [1.82, 2.24) is 0 Å². The Kier molecular flexibility index (Phi) is 7.42. The molecule has 0 aliphatic heterocycles. The minimum Gasteiger partial charge on any atom is -0.478 e. The van der Waals surface area contributed by atoms with Gasteiger partial charge in [0.05, 0.1) is 5.56 Å². The second kappa shape index (κ2) is 10.2. The van der Waals surface area contributed by atoms with Gasteiger partial charge >= 0.3 is 5.97 Å². The highest BCUT2D eigenvalue weighted by Gasteiger charge is 2.14. The number of carboxylic acid groups (broad SMARTS) is 1. The number of Topliss-reactive ketones (excluding diaryl/α,β-unsaturated/α-hetero) is 1. The maximum absolute atomic E-state index is 12.6. The first-order chi connectivity index (χ1) is 14.5. The summed E-state index contributed by atoms with van der Waals surface area (Å²) in [6.45, 7) is 2.19. The third-order valence-electron chi connectivity index (χ3n) is 5.12. The van der Waals surface area contributed by atoms with Gasteiger partial charge in [-0.2, -0.15) is 0 Å². The van der Waals surface area contributed by atoms with Crippen LogP contribution < -0.4 is 0 Å². The van der Waals surface area contributed by atoms with Crippen molar-refractivity contribution in [2.45, 2.75) is 39.0 Å². The summed E-state index contributed by atoms with van der Waals surface area (Å²) < 4.78 is 0. The van der Waals surface area contributed by atoms with E-state index in [9.17, 15) is 14.7 Å². The number of aryl methyl sites for hydroxylation is 1.